The zero-order valence-electron chi connectivity index (χ0n) is 11.6. The van der Waals surface area contributed by atoms with E-state index in [-0.39, 0.29) is 15.5 Å². The van der Waals surface area contributed by atoms with Crippen molar-refractivity contribution < 1.29 is 4.39 Å². The van der Waals surface area contributed by atoms with Crippen LogP contribution in [0.3, 0.4) is 0 Å². The molecule has 1 aromatic heterocycles. The Balaban J connectivity index is 2.38. The molecule has 1 aromatic carbocycles. The number of halogens is 4. The summed E-state index contributed by atoms with van der Waals surface area (Å²) in [6.07, 6.45) is 0. The van der Waals surface area contributed by atoms with E-state index in [9.17, 15) is 4.39 Å². The maximum absolute atomic E-state index is 13.4. The summed E-state index contributed by atoms with van der Waals surface area (Å²) in [4.78, 5) is 8.59. The van der Waals surface area contributed by atoms with Crippen LogP contribution in [0.5, 0.6) is 0 Å². The van der Waals surface area contributed by atoms with E-state index in [1.807, 2.05) is 20.8 Å². The van der Waals surface area contributed by atoms with Crippen molar-refractivity contribution in [3.63, 3.8) is 0 Å². The number of benzene rings is 1. The summed E-state index contributed by atoms with van der Waals surface area (Å²) in [5.41, 5.74) is 0.264. The van der Waals surface area contributed by atoms with Crippen molar-refractivity contribution in [2.75, 3.05) is 5.32 Å². The van der Waals surface area contributed by atoms with Crippen LogP contribution in [-0.2, 0) is 5.41 Å². The first-order chi connectivity index (χ1) is 9.66. The highest BCUT2D eigenvalue weighted by Gasteiger charge is 2.19. The molecular formula is C14H13Cl3FN3. The van der Waals surface area contributed by atoms with Crippen molar-refractivity contribution in [1.82, 2.24) is 9.97 Å². The van der Waals surface area contributed by atoms with Gasteiger partial charge in [0.05, 0.1) is 10.0 Å². The Morgan fingerprint density at radius 2 is 1.57 bits per heavy atom. The molecule has 1 heterocycles. The van der Waals surface area contributed by atoms with E-state index in [4.69, 9.17) is 34.8 Å². The van der Waals surface area contributed by atoms with Gasteiger partial charge in [-0.25, -0.2) is 14.4 Å². The zero-order chi connectivity index (χ0) is 15.8. The Morgan fingerprint density at radius 3 is 2.10 bits per heavy atom. The zero-order valence-corrected chi connectivity index (χ0v) is 13.9. The fourth-order valence-corrected chi connectivity index (χ4v) is 2.26. The third-order valence-corrected chi connectivity index (χ3v) is 3.37. The van der Waals surface area contributed by atoms with Gasteiger partial charge < -0.3 is 5.32 Å². The lowest BCUT2D eigenvalue weighted by Crippen LogP contribution is -2.16. The molecule has 0 saturated carbocycles. The first-order valence-corrected chi connectivity index (χ1v) is 7.27. The van der Waals surface area contributed by atoms with Gasteiger partial charge in [0.1, 0.15) is 16.8 Å². The highest BCUT2D eigenvalue weighted by molar-refractivity contribution is 6.35. The SMILES string of the molecule is CC(C)(C)c1nc(Cl)cc(Nc2cc(Cl)c(F)c(Cl)c2)n1. The van der Waals surface area contributed by atoms with Crippen molar-refractivity contribution >= 4 is 46.3 Å². The maximum atomic E-state index is 13.4. The summed E-state index contributed by atoms with van der Waals surface area (Å²) in [5, 5.41) is 3.17. The third-order valence-electron chi connectivity index (χ3n) is 2.62. The standard InChI is InChI=1S/C14H13Cl3FN3/c1-14(2,3)13-20-10(17)6-11(21-13)19-7-4-8(15)12(18)9(16)5-7/h4-6H,1-3H3,(H,19,20,21). The molecule has 2 rings (SSSR count). The van der Waals surface area contributed by atoms with Crippen molar-refractivity contribution in [3.05, 3.63) is 45.0 Å². The topological polar surface area (TPSA) is 37.8 Å². The van der Waals surface area contributed by atoms with Gasteiger partial charge in [0.15, 0.2) is 5.82 Å². The summed E-state index contributed by atoms with van der Waals surface area (Å²) in [6.45, 7) is 5.94. The summed E-state index contributed by atoms with van der Waals surface area (Å²) < 4.78 is 13.4. The smallest absolute Gasteiger partial charge is 0.160 e. The van der Waals surface area contributed by atoms with Crippen LogP contribution in [0.1, 0.15) is 26.6 Å². The molecule has 0 unspecified atom stereocenters. The van der Waals surface area contributed by atoms with Crippen LogP contribution in [0.25, 0.3) is 0 Å². The molecule has 0 amide bonds. The van der Waals surface area contributed by atoms with Gasteiger partial charge in [0.25, 0.3) is 0 Å². The Bertz CT molecular complexity index is 661. The third kappa shape index (κ3) is 3.96. The number of hydrogen-bond acceptors (Lipinski definition) is 3. The van der Waals surface area contributed by atoms with Gasteiger partial charge in [-0.3, -0.25) is 0 Å². The molecular weight excluding hydrogens is 336 g/mol. The number of anilines is 2. The van der Waals surface area contributed by atoms with Crippen LogP contribution in [0.4, 0.5) is 15.9 Å². The largest absolute Gasteiger partial charge is 0.340 e. The predicted molar refractivity (Wildman–Crippen MR) is 85.4 cm³/mol. The first-order valence-electron chi connectivity index (χ1n) is 6.13. The fraction of sp³-hybridized carbons (Fsp3) is 0.286. The molecule has 0 bridgehead atoms. The molecule has 3 nitrogen and oxygen atoms in total. The van der Waals surface area contributed by atoms with E-state index in [1.54, 1.807) is 6.07 Å². The van der Waals surface area contributed by atoms with Crippen molar-refractivity contribution in [2.24, 2.45) is 0 Å². The normalized spacial score (nSPS) is 11.6. The lowest BCUT2D eigenvalue weighted by atomic mass is 9.96. The summed E-state index contributed by atoms with van der Waals surface area (Å²) in [5.74, 6) is 0.426. The summed E-state index contributed by atoms with van der Waals surface area (Å²) in [7, 11) is 0. The molecule has 0 atom stereocenters. The predicted octanol–water partition coefficient (Wildman–Crippen LogP) is 5.62. The van der Waals surface area contributed by atoms with Gasteiger partial charge in [-0.2, -0.15) is 0 Å². The Kier molecular flexibility index (Phi) is 4.61. The van der Waals surface area contributed by atoms with Crippen LogP contribution in [0.15, 0.2) is 18.2 Å². The van der Waals surface area contributed by atoms with E-state index in [1.165, 1.54) is 12.1 Å². The van der Waals surface area contributed by atoms with Crippen molar-refractivity contribution in [2.45, 2.75) is 26.2 Å². The number of hydrogen-bond donors (Lipinski definition) is 1. The van der Waals surface area contributed by atoms with Crippen LogP contribution in [-0.4, -0.2) is 9.97 Å². The summed E-state index contributed by atoms with van der Waals surface area (Å²) in [6, 6.07) is 4.42. The minimum Gasteiger partial charge on any atom is -0.340 e. The highest BCUT2D eigenvalue weighted by atomic mass is 35.5. The van der Waals surface area contributed by atoms with E-state index in [0.29, 0.717) is 22.5 Å². The number of rotatable bonds is 2. The Morgan fingerprint density at radius 1 is 1.00 bits per heavy atom. The fourth-order valence-electron chi connectivity index (χ4n) is 1.59. The second kappa shape index (κ2) is 5.95. The summed E-state index contributed by atoms with van der Waals surface area (Å²) >= 11 is 17.5. The highest BCUT2D eigenvalue weighted by Crippen LogP contribution is 2.30. The van der Waals surface area contributed by atoms with E-state index in [0.717, 1.165) is 0 Å². The monoisotopic (exact) mass is 347 g/mol. The molecule has 0 fully saturated rings. The quantitative estimate of drug-likeness (QED) is 0.565. The van der Waals surface area contributed by atoms with Gasteiger partial charge in [-0.05, 0) is 12.1 Å². The minimum absolute atomic E-state index is 0.0683. The second-order valence-electron chi connectivity index (χ2n) is 5.53. The molecule has 7 heteroatoms. The molecule has 0 saturated heterocycles. The average molecular weight is 349 g/mol. The Labute approximate surface area is 137 Å². The van der Waals surface area contributed by atoms with E-state index < -0.39 is 5.82 Å². The molecule has 112 valence electrons. The van der Waals surface area contributed by atoms with Crippen LogP contribution in [0, 0.1) is 5.82 Å². The lowest BCUT2D eigenvalue weighted by Gasteiger charge is -2.18. The van der Waals surface area contributed by atoms with Gasteiger partial charge in [-0.15, -0.1) is 0 Å². The minimum atomic E-state index is -0.653. The molecule has 2 aromatic rings. The number of nitrogens with one attached hydrogen (secondary N) is 1. The molecule has 0 spiro atoms. The molecule has 0 aliphatic carbocycles. The van der Waals surface area contributed by atoms with Gasteiger partial charge in [0.2, 0.25) is 0 Å². The number of aromatic nitrogens is 2. The van der Waals surface area contributed by atoms with Crippen LogP contribution in [0.2, 0.25) is 15.2 Å². The molecule has 1 N–H and O–H groups in total. The second-order valence-corrected chi connectivity index (χ2v) is 6.73. The van der Waals surface area contributed by atoms with Gasteiger partial charge in [0, 0.05) is 17.2 Å². The van der Waals surface area contributed by atoms with Gasteiger partial charge in [-0.1, -0.05) is 55.6 Å². The lowest BCUT2D eigenvalue weighted by molar-refractivity contribution is 0.546. The maximum Gasteiger partial charge on any atom is 0.160 e. The van der Waals surface area contributed by atoms with Crippen molar-refractivity contribution in [1.29, 1.82) is 0 Å². The molecule has 0 aliphatic rings. The first kappa shape index (κ1) is 16.3. The van der Waals surface area contributed by atoms with Crippen molar-refractivity contribution in [3.8, 4) is 0 Å². The van der Waals surface area contributed by atoms with Crippen LogP contribution < -0.4 is 5.32 Å². The Hall–Kier alpha value is -1.10. The molecule has 0 radical (unpaired) electrons. The van der Waals surface area contributed by atoms with E-state index >= 15 is 0 Å². The average Bonchev–Trinajstić information content (AvgIpc) is 2.34. The van der Waals surface area contributed by atoms with E-state index in [2.05, 4.69) is 15.3 Å². The molecule has 21 heavy (non-hydrogen) atoms. The van der Waals surface area contributed by atoms with Crippen LogP contribution >= 0.6 is 34.8 Å². The number of nitrogens with zero attached hydrogens (tertiary/aromatic N) is 2. The van der Waals surface area contributed by atoms with Gasteiger partial charge >= 0.3 is 0 Å². The molecule has 0 aliphatic heterocycles.